The van der Waals surface area contributed by atoms with Gasteiger partial charge in [0.05, 0.1) is 0 Å². The molecular formula is C14H21FN2O. The van der Waals surface area contributed by atoms with Gasteiger partial charge in [-0.25, -0.2) is 4.39 Å². The molecule has 1 aliphatic rings. The van der Waals surface area contributed by atoms with Gasteiger partial charge in [0, 0.05) is 37.8 Å². The molecule has 1 fully saturated rings. The van der Waals surface area contributed by atoms with E-state index in [1.54, 1.807) is 6.07 Å². The molecule has 4 heteroatoms. The monoisotopic (exact) mass is 252 g/mol. The zero-order chi connectivity index (χ0) is 13.0. The molecule has 100 valence electrons. The minimum absolute atomic E-state index is 0.190. The molecule has 3 nitrogen and oxygen atoms in total. The average molecular weight is 252 g/mol. The summed E-state index contributed by atoms with van der Waals surface area (Å²) in [5, 5.41) is 12.4. The minimum Gasteiger partial charge on any atom is -0.396 e. The fraction of sp³-hybridized carbons (Fsp3) is 0.571. The second-order valence-electron chi connectivity index (χ2n) is 4.84. The molecule has 0 amide bonds. The van der Waals surface area contributed by atoms with E-state index in [9.17, 15) is 9.50 Å². The van der Waals surface area contributed by atoms with Crippen molar-refractivity contribution in [2.75, 3.05) is 31.1 Å². The number of aliphatic hydroxyl groups excluding tert-OH is 1. The van der Waals surface area contributed by atoms with E-state index in [1.165, 1.54) is 6.07 Å². The van der Waals surface area contributed by atoms with Crippen LogP contribution in [0.15, 0.2) is 18.2 Å². The second kappa shape index (κ2) is 6.16. The number of rotatable bonds is 5. The Morgan fingerprint density at radius 2 is 2.33 bits per heavy atom. The summed E-state index contributed by atoms with van der Waals surface area (Å²) < 4.78 is 13.3. The molecular weight excluding hydrogens is 231 g/mol. The first-order valence-electron chi connectivity index (χ1n) is 6.59. The van der Waals surface area contributed by atoms with Crippen molar-refractivity contribution in [3.63, 3.8) is 0 Å². The number of hydrogen-bond acceptors (Lipinski definition) is 3. The second-order valence-corrected chi connectivity index (χ2v) is 4.84. The van der Waals surface area contributed by atoms with Gasteiger partial charge in [-0.05, 0) is 36.7 Å². The molecule has 1 atom stereocenters. The van der Waals surface area contributed by atoms with Gasteiger partial charge in [-0.15, -0.1) is 0 Å². The maximum atomic E-state index is 13.3. The molecule has 1 aromatic rings. The van der Waals surface area contributed by atoms with Crippen molar-refractivity contribution in [3.8, 4) is 0 Å². The summed E-state index contributed by atoms with van der Waals surface area (Å²) in [4.78, 5) is 2.24. The van der Waals surface area contributed by atoms with Crippen molar-refractivity contribution >= 4 is 5.69 Å². The molecule has 1 saturated heterocycles. The number of nitrogens with one attached hydrogen (secondary N) is 1. The van der Waals surface area contributed by atoms with E-state index in [2.05, 4.69) is 10.2 Å². The van der Waals surface area contributed by atoms with Gasteiger partial charge in [0.1, 0.15) is 5.82 Å². The van der Waals surface area contributed by atoms with Gasteiger partial charge >= 0.3 is 0 Å². The third kappa shape index (κ3) is 3.00. The highest BCUT2D eigenvalue weighted by Gasteiger charge is 2.23. The summed E-state index contributed by atoms with van der Waals surface area (Å²) in [6.07, 6.45) is 1.01. The van der Waals surface area contributed by atoms with Gasteiger partial charge in [0.25, 0.3) is 0 Å². The van der Waals surface area contributed by atoms with E-state index in [1.807, 2.05) is 13.0 Å². The predicted molar refractivity (Wildman–Crippen MR) is 71.2 cm³/mol. The largest absolute Gasteiger partial charge is 0.396 e. The lowest BCUT2D eigenvalue weighted by molar-refractivity contribution is 0.238. The van der Waals surface area contributed by atoms with E-state index in [0.717, 1.165) is 37.3 Å². The Morgan fingerprint density at radius 3 is 3.00 bits per heavy atom. The third-order valence-corrected chi connectivity index (χ3v) is 3.49. The number of nitrogens with zero attached hydrogens (tertiary/aromatic N) is 1. The lowest BCUT2D eigenvalue weighted by Gasteiger charge is -2.22. The Bertz CT molecular complexity index is 397. The Kier molecular flexibility index (Phi) is 4.55. The molecule has 1 heterocycles. The molecule has 1 aromatic carbocycles. The van der Waals surface area contributed by atoms with Crippen LogP contribution in [0.1, 0.15) is 18.9 Å². The summed E-state index contributed by atoms with van der Waals surface area (Å²) in [5.41, 5.74) is 2.09. The third-order valence-electron chi connectivity index (χ3n) is 3.49. The van der Waals surface area contributed by atoms with E-state index in [-0.39, 0.29) is 12.4 Å². The summed E-state index contributed by atoms with van der Waals surface area (Å²) in [6, 6.07) is 4.96. The topological polar surface area (TPSA) is 35.5 Å². The van der Waals surface area contributed by atoms with Crippen LogP contribution in [0.3, 0.4) is 0 Å². The molecule has 2 N–H and O–H groups in total. The molecule has 0 bridgehead atoms. The highest BCUT2D eigenvalue weighted by molar-refractivity contribution is 5.54. The van der Waals surface area contributed by atoms with Crippen LogP contribution in [0.25, 0.3) is 0 Å². The van der Waals surface area contributed by atoms with Gasteiger partial charge in [-0.2, -0.15) is 0 Å². The summed E-state index contributed by atoms with van der Waals surface area (Å²) in [5.74, 6) is 0.159. The maximum absolute atomic E-state index is 13.3. The summed E-state index contributed by atoms with van der Waals surface area (Å²) in [7, 11) is 0. The van der Waals surface area contributed by atoms with Crippen LogP contribution in [0, 0.1) is 11.7 Å². The Hall–Kier alpha value is -1.13. The van der Waals surface area contributed by atoms with Gasteiger partial charge in [-0.3, -0.25) is 0 Å². The molecule has 1 unspecified atom stereocenters. The van der Waals surface area contributed by atoms with Crippen LogP contribution >= 0.6 is 0 Å². The zero-order valence-electron chi connectivity index (χ0n) is 10.8. The highest BCUT2D eigenvalue weighted by atomic mass is 19.1. The summed E-state index contributed by atoms with van der Waals surface area (Å²) in [6.45, 7) is 5.63. The SMILES string of the molecule is CCNCc1cc(F)ccc1N1CCC(CO)C1. The fourth-order valence-electron chi connectivity index (χ4n) is 2.46. The van der Waals surface area contributed by atoms with Gasteiger partial charge in [0.15, 0.2) is 0 Å². The first kappa shape index (κ1) is 13.3. The lowest BCUT2D eigenvalue weighted by atomic mass is 10.1. The number of halogens is 1. The van der Waals surface area contributed by atoms with E-state index in [0.29, 0.717) is 12.5 Å². The normalized spacial score (nSPS) is 19.5. The molecule has 0 spiro atoms. The smallest absolute Gasteiger partial charge is 0.123 e. The number of anilines is 1. The average Bonchev–Trinajstić information content (AvgIpc) is 2.85. The molecule has 0 saturated carbocycles. The molecule has 0 radical (unpaired) electrons. The van der Waals surface area contributed by atoms with Crippen molar-refractivity contribution in [1.82, 2.24) is 5.32 Å². The molecule has 0 aromatic heterocycles. The molecule has 2 rings (SSSR count). The lowest BCUT2D eigenvalue weighted by Crippen LogP contribution is -2.23. The number of aliphatic hydroxyl groups is 1. The van der Waals surface area contributed by atoms with Crippen LogP contribution in [0.4, 0.5) is 10.1 Å². The van der Waals surface area contributed by atoms with Gasteiger partial charge < -0.3 is 15.3 Å². The molecule has 1 aliphatic heterocycles. The Balaban J connectivity index is 2.16. The number of hydrogen-bond donors (Lipinski definition) is 2. The number of benzene rings is 1. The van der Waals surface area contributed by atoms with Crippen molar-refractivity contribution < 1.29 is 9.50 Å². The van der Waals surface area contributed by atoms with Crippen LogP contribution in [0.2, 0.25) is 0 Å². The van der Waals surface area contributed by atoms with E-state index >= 15 is 0 Å². The van der Waals surface area contributed by atoms with Crippen LogP contribution in [-0.4, -0.2) is 31.3 Å². The zero-order valence-corrected chi connectivity index (χ0v) is 10.8. The van der Waals surface area contributed by atoms with Crippen molar-refractivity contribution in [3.05, 3.63) is 29.6 Å². The van der Waals surface area contributed by atoms with Crippen molar-refractivity contribution in [2.24, 2.45) is 5.92 Å². The van der Waals surface area contributed by atoms with E-state index < -0.39 is 0 Å². The first-order chi connectivity index (χ1) is 8.74. The van der Waals surface area contributed by atoms with Gasteiger partial charge in [-0.1, -0.05) is 6.92 Å². The summed E-state index contributed by atoms with van der Waals surface area (Å²) >= 11 is 0. The predicted octanol–water partition coefficient (Wildman–Crippen LogP) is 1.75. The fourth-order valence-corrected chi connectivity index (χ4v) is 2.46. The van der Waals surface area contributed by atoms with Gasteiger partial charge in [0.2, 0.25) is 0 Å². The van der Waals surface area contributed by atoms with Crippen molar-refractivity contribution in [2.45, 2.75) is 19.9 Å². The molecule has 18 heavy (non-hydrogen) atoms. The first-order valence-corrected chi connectivity index (χ1v) is 6.59. The minimum atomic E-state index is -0.190. The Labute approximate surface area is 108 Å². The van der Waals surface area contributed by atoms with Crippen molar-refractivity contribution in [1.29, 1.82) is 0 Å². The highest BCUT2D eigenvalue weighted by Crippen LogP contribution is 2.27. The maximum Gasteiger partial charge on any atom is 0.123 e. The molecule has 0 aliphatic carbocycles. The van der Waals surface area contributed by atoms with Crippen LogP contribution < -0.4 is 10.2 Å². The van der Waals surface area contributed by atoms with Crippen LogP contribution in [0.5, 0.6) is 0 Å². The Morgan fingerprint density at radius 1 is 1.50 bits per heavy atom. The quantitative estimate of drug-likeness (QED) is 0.838. The van der Waals surface area contributed by atoms with E-state index in [4.69, 9.17) is 0 Å². The van der Waals surface area contributed by atoms with Crippen LogP contribution in [-0.2, 0) is 6.54 Å². The standard InChI is InChI=1S/C14H21FN2O/c1-2-16-8-12-7-13(15)3-4-14(12)17-6-5-11(9-17)10-18/h3-4,7,11,16,18H,2,5-6,8-10H2,1H3.